The van der Waals surface area contributed by atoms with Crippen molar-refractivity contribution < 1.29 is 19.2 Å². The van der Waals surface area contributed by atoms with Crippen LogP contribution in [0.4, 0.5) is 11.4 Å². The molecule has 33 heavy (non-hydrogen) atoms. The van der Waals surface area contributed by atoms with Gasteiger partial charge < -0.3 is 9.30 Å². The molecule has 3 aromatic rings. The van der Waals surface area contributed by atoms with Crippen molar-refractivity contribution in [1.82, 2.24) is 4.57 Å². The van der Waals surface area contributed by atoms with Crippen LogP contribution in [0.15, 0.2) is 77.5 Å². The van der Waals surface area contributed by atoms with E-state index in [0.717, 1.165) is 11.4 Å². The van der Waals surface area contributed by atoms with Crippen molar-refractivity contribution in [2.45, 2.75) is 13.8 Å². The molecule has 0 aliphatic carbocycles. The minimum absolute atomic E-state index is 0.00405. The monoisotopic (exact) mass is 444 g/mol. The van der Waals surface area contributed by atoms with Gasteiger partial charge in [0.1, 0.15) is 0 Å². The zero-order valence-electron chi connectivity index (χ0n) is 18.0. The maximum absolute atomic E-state index is 13.1. The van der Waals surface area contributed by atoms with Gasteiger partial charge in [0.05, 0.1) is 34.1 Å². The van der Waals surface area contributed by atoms with Crippen molar-refractivity contribution in [3.05, 3.63) is 93.8 Å². The number of ether oxygens (including phenoxy) is 1. The Morgan fingerprint density at radius 1 is 1.09 bits per heavy atom. The maximum atomic E-state index is 13.1. The van der Waals surface area contributed by atoms with Gasteiger partial charge in [0.15, 0.2) is 0 Å². The van der Waals surface area contributed by atoms with Gasteiger partial charge in [-0.2, -0.15) is 10.1 Å². The Hall–Kier alpha value is -4.53. The maximum Gasteiger partial charge on any atom is 0.338 e. The lowest BCUT2D eigenvalue weighted by molar-refractivity contribution is -0.384. The Bertz CT molecular complexity index is 1290. The summed E-state index contributed by atoms with van der Waals surface area (Å²) in [6, 6.07) is 16.3. The summed E-state index contributed by atoms with van der Waals surface area (Å²) < 4.78 is 6.81. The molecule has 4 rings (SSSR count). The van der Waals surface area contributed by atoms with E-state index < -0.39 is 10.9 Å². The molecule has 0 bridgehead atoms. The Morgan fingerprint density at radius 2 is 1.76 bits per heavy atom. The van der Waals surface area contributed by atoms with Gasteiger partial charge in [0.25, 0.3) is 11.6 Å². The standard InChI is InChI=1S/C24H20N4O5/c1-3-33-24(30)17-6-8-19(9-7-17)27-23(29)22(16(2)25-27)15-21-5-4-14-26(21)18-10-12-20(13-11-18)28(31)32/h4-15H,3H2,1-2H3/b22-15-. The number of hydrogen-bond acceptors (Lipinski definition) is 6. The average Bonchev–Trinajstić information content (AvgIpc) is 3.39. The minimum atomic E-state index is -0.451. The largest absolute Gasteiger partial charge is 0.462 e. The van der Waals surface area contributed by atoms with Crippen molar-refractivity contribution in [3.63, 3.8) is 0 Å². The normalized spacial score (nSPS) is 14.5. The van der Waals surface area contributed by atoms with Crippen LogP contribution in [-0.2, 0) is 9.53 Å². The van der Waals surface area contributed by atoms with Gasteiger partial charge >= 0.3 is 5.97 Å². The Labute approximate surface area is 189 Å². The summed E-state index contributed by atoms with van der Waals surface area (Å²) in [4.78, 5) is 35.4. The molecule has 0 saturated carbocycles. The third-order valence-electron chi connectivity index (χ3n) is 5.10. The van der Waals surface area contributed by atoms with Crippen LogP contribution in [0.1, 0.15) is 29.9 Å². The number of hydrogen-bond donors (Lipinski definition) is 0. The van der Waals surface area contributed by atoms with Gasteiger partial charge in [0, 0.05) is 29.7 Å². The summed E-state index contributed by atoms with van der Waals surface area (Å²) in [6.07, 6.45) is 3.54. The van der Waals surface area contributed by atoms with E-state index in [1.807, 2.05) is 22.9 Å². The van der Waals surface area contributed by atoms with E-state index in [2.05, 4.69) is 5.10 Å². The van der Waals surface area contributed by atoms with Crippen molar-refractivity contribution in [2.75, 3.05) is 11.6 Å². The number of esters is 1. The molecule has 0 radical (unpaired) electrons. The van der Waals surface area contributed by atoms with E-state index in [1.54, 1.807) is 56.3 Å². The van der Waals surface area contributed by atoms with Gasteiger partial charge in [-0.05, 0) is 68.5 Å². The molecule has 1 amide bonds. The molecular formula is C24H20N4O5. The number of hydrazone groups is 1. The molecule has 1 aromatic heterocycles. The highest BCUT2D eigenvalue weighted by atomic mass is 16.6. The Balaban J connectivity index is 1.59. The van der Waals surface area contributed by atoms with Gasteiger partial charge in [0.2, 0.25) is 0 Å². The number of amides is 1. The lowest BCUT2D eigenvalue weighted by Gasteiger charge is -2.12. The van der Waals surface area contributed by atoms with Crippen LogP contribution in [0, 0.1) is 10.1 Å². The first-order valence-corrected chi connectivity index (χ1v) is 10.2. The predicted octanol–water partition coefficient (Wildman–Crippen LogP) is 4.37. The van der Waals surface area contributed by atoms with E-state index in [0.29, 0.717) is 22.5 Å². The van der Waals surface area contributed by atoms with Crippen molar-refractivity contribution in [1.29, 1.82) is 0 Å². The van der Waals surface area contributed by atoms with Gasteiger partial charge in [-0.3, -0.25) is 14.9 Å². The number of carbonyl (C=O) groups is 2. The number of aromatic nitrogens is 1. The first-order chi connectivity index (χ1) is 15.9. The first-order valence-electron chi connectivity index (χ1n) is 10.2. The second kappa shape index (κ2) is 8.91. The second-order valence-electron chi connectivity index (χ2n) is 7.20. The highest BCUT2D eigenvalue weighted by Crippen LogP contribution is 2.26. The SMILES string of the molecule is CCOC(=O)c1ccc(N2N=C(C)/C(=C/c3cccn3-c3ccc([N+](=O)[O-])cc3)C2=O)cc1. The molecule has 0 spiro atoms. The molecular weight excluding hydrogens is 424 g/mol. The lowest BCUT2D eigenvalue weighted by Crippen LogP contribution is -2.21. The van der Waals surface area contributed by atoms with Gasteiger partial charge in [-0.25, -0.2) is 4.79 Å². The molecule has 1 aliphatic rings. The molecule has 2 aromatic carbocycles. The number of benzene rings is 2. The summed E-state index contributed by atoms with van der Waals surface area (Å²) in [5, 5.41) is 16.6. The third-order valence-corrected chi connectivity index (χ3v) is 5.10. The van der Waals surface area contributed by atoms with Crippen molar-refractivity contribution >= 4 is 35.0 Å². The van der Waals surface area contributed by atoms with Crippen LogP contribution in [0.2, 0.25) is 0 Å². The average molecular weight is 444 g/mol. The zero-order valence-corrected chi connectivity index (χ0v) is 18.0. The number of non-ortho nitro benzene ring substituents is 1. The van der Waals surface area contributed by atoms with E-state index in [9.17, 15) is 19.7 Å². The molecule has 0 fully saturated rings. The highest BCUT2D eigenvalue weighted by molar-refractivity contribution is 6.32. The topological polar surface area (TPSA) is 107 Å². The minimum Gasteiger partial charge on any atom is -0.462 e. The summed E-state index contributed by atoms with van der Waals surface area (Å²) in [5.74, 6) is -0.725. The number of nitro groups is 1. The van der Waals surface area contributed by atoms with Crippen molar-refractivity contribution in [3.8, 4) is 5.69 Å². The number of anilines is 1. The zero-order chi connectivity index (χ0) is 23.5. The summed E-state index contributed by atoms with van der Waals surface area (Å²) in [7, 11) is 0. The molecule has 0 atom stereocenters. The van der Waals surface area contributed by atoms with Crippen LogP contribution in [0.3, 0.4) is 0 Å². The Morgan fingerprint density at radius 3 is 2.39 bits per heavy atom. The summed E-state index contributed by atoms with van der Waals surface area (Å²) >= 11 is 0. The fourth-order valence-electron chi connectivity index (χ4n) is 3.44. The molecule has 2 heterocycles. The molecule has 166 valence electrons. The van der Waals surface area contributed by atoms with E-state index >= 15 is 0 Å². The Kier molecular flexibility index (Phi) is 5.86. The smallest absolute Gasteiger partial charge is 0.338 e. The number of carbonyl (C=O) groups excluding carboxylic acids is 2. The lowest BCUT2D eigenvalue weighted by atomic mass is 10.1. The van der Waals surface area contributed by atoms with Crippen molar-refractivity contribution in [2.24, 2.45) is 5.10 Å². The molecule has 0 saturated heterocycles. The molecule has 9 nitrogen and oxygen atoms in total. The number of rotatable bonds is 6. The highest BCUT2D eigenvalue weighted by Gasteiger charge is 2.29. The van der Waals surface area contributed by atoms with Gasteiger partial charge in [-0.1, -0.05) is 0 Å². The van der Waals surface area contributed by atoms with E-state index in [4.69, 9.17) is 4.74 Å². The van der Waals surface area contributed by atoms with E-state index in [1.165, 1.54) is 17.1 Å². The molecule has 9 heteroatoms. The predicted molar refractivity (Wildman–Crippen MR) is 123 cm³/mol. The molecule has 0 unspecified atom stereocenters. The van der Waals surface area contributed by atoms with E-state index in [-0.39, 0.29) is 18.2 Å². The van der Waals surface area contributed by atoms with Crippen LogP contribution in [0.25, 0.3) is 11.8 Å². The third kappa shape index (κ3) is 4.29. The fourth-order valence-corrected chi connectivity index (χ4v) is 3.44. The number of nitro benzene ring substituents is 1. The van der Waals surface area contributed by atoms with Crippen LogP contribution in [-0.4, -0.2) is 33.7 Å². The molecule has 0 N–H and O–H groups in total. The van der Waals surface area contributed by atoms with Crippen LogP contribution >= 0.6 is 0 Å². The second-order valence-corrected chi connectivity index (χ2v) is 7.20. The quantitative estimate of drug-likeness (QED) is 0.243. The van der Waals surface area contributed by atoms with Gasteiger partial charge in [-0.15, -0.1) is 0 Å². The molecule has 1 aliphatic heterocycles. The fraction of sp³-hybridized carbons (Fsp3) is 0.125. The summed E-state index contributed by atoms with van der Waals surface area (Å²) in [6.45, 7) is 3.76. The number of nitrogens with zero attached hydrogens (tertiary/aromatic N) is 4. The van der Waals surface area contributed by atoms with Crippen LogP contribution in [0.5, 0.6) is 0 Å². The van der Waals surface area contributed by atoms with Crippen LogP contribution < -0.4 is 5.01 Å². The summed E-state index contributed by atoms with van der Waals surface area (Å²) in [5.41, 5.74) is 3.35. The first kappa shape index (κ1) is 21.7.